The van der Waals surface area contributed by atoms with Gasteiger partial charge < -0.3 is 19.9 Å². The number of nitrogen functional groups attached to an aromatic ring is 1. The summed E-state index contributed by atoms with van der Waals surface area (Å²) in [5.41, 5.74) is 7.48. The summed E-state index contributed by atoms with van der Waals surface area (Å²) in [4.78, 5) is 12.4. The lowest BCUT2D eigenvalue weighted by Gasteiger charge is -2.23. The molecule has 1 fully saturated rings. The van der Waals surface area contributed by atoms with Gasteiger partial charge in [0.05, 0.1) is 31.1 Å². The number of hydrogen-bond acceptors (Lipinski definition) is 7. The van der Waals surface area contributed by atoms with Crippen LogP contribution in [-0.4, -0.2) is 47.5 Å². The number of ether oxygens (including phenoxy) is 3. The molecule has 0 aliphatic carbocycles. The molecule has 1 aliphatic heterocycles. The average Bonchev–Trinajstić information content (AvgIpc) is 2.78. The van der Waals surface area contributed by atoms with Crippen molar-refractivity contribution in [3.63, 3.8) is 0 Å². The molecule has 0 amide bonds. The molecule has 1 atom stereocenters. The van der Waals surface area contributed by atoms with Crippen molar-refractivity contribution in [1.82, 2.24) is 15.0 Å². The first-order valence-electron chi connectivity index (χ1n) is 9.93. The van der Waals surface area contributed by atoms with Crippen molar-refractivity contribution < 1.29 is 27.4 Å². The molecule has 168 valence electrons. The molecule has 2 N–H and O–H groups in total. The molecular weight excluding hydrogens is 425 g/mol. The summed E-state index contributed by atoms with van der Waals surface area (Å²) < 4.78 is 57.3. The first-order valence-corrected chi connectivity index (χ1v) is 9.93. The largest absolute Gasteiger partial charge is 0.474 e. The molecule has 0 bridgehead atoms. The zero-order chi connectivity index (χ0) is 22.7. The van der Waals surface area contributed by atoms with Gasteiger partial charge in [0.25, 0.3) is 6.43 Å². The minimum absolute atomic E-state index is 0.0799. The summed E-state index contributed by atoms with van der Waals surface area (Å²) in [7, 11) is 0. The Morgan fingerprint density at radius 3 is 2.56 bits per heavy atom. The van der Waals surface area contributed by atoms with Crippen LogP contribution in [0.25, 0.3) is 22.4 Å². The van der Waals surface area contributed by atoms with E-state index in [0.29, 0.717) is 47.9 Å². The van der Waals surface area contributed by atoms with E-state index in [0.717, 1.165) is 0 Å². The van der Waals surface area contributed by atoms with Crippen LogP contribution < -0.4 is 10.5 Å². The Labute approximate surface area is 182 Å². The van der Waals surface area contributed by atoms with Gasteiger partial charge in [0.2, 0.25) is 11.8 Å². The van der Waals surface area contributed by atoms with Gasteiger partial charge in [-0.05, 0) is 48.9 Å². The average molecular weight is 446 g/mol. The number of anilines is 1. The van der Waals surface area contributed by atoms with Gasteiger partial charge in [-0.15, -0.1) is 0 Å². The van der Waals surface area contributed by atoms with Gasteiger partial charge in [0, 0.05) is 11.3 Å². The molecule has 1 aliphatic rings. The van der Waals surface area contributed by atoms with Gasteiger partial charge in [-0.25, -0.2) is 18.2 Å². The summed E-state index contributed by atoms with van der Waals surface area (Å²) in [5.74, 6) is -0.413. The van der Waals surface area contributed by atoms with E-state index in [2.05, 4.69) is 15.0 Å². The zero-order valence-corrected chi connectivity index (χ0v) is 17.2. The SMILES string of the molecule is Cc1cc(-c2c(OCC3COCCO3)nc(N)nc2-c2ccc(F)cc2)cc(C(F)F)n1. The third-order valence-electron chi connectivity index (χ3n) is 4.79. The lowest BCUT2D eigenvalue weighted by atomic mass is 9.99. The third-order valence-corrected chi connectivity index (χ3v) is 4.79. The third kappa shape index (κ3) is 4.97. The molecule has 10 heteroatoms. The number of alkyl halides is 2. The molecule has 32 heavy (non-hydrogen) atoms. The highest BCUT2D eigenvalue weighted by atomic mass is 19.3. The van der Waals surface area contributed by atoms with E-state index < -0.39 is 17.9 Å². The van der Waals surface area contributed by atoms with E-state index in [1.807, 2.05) is 0 Å². The fourth-order valence-electron chi connectivity index (χ4n) is 3.39. The molecule has 1 saturated heterocycles. The predicted molar refractivity (Wildman–Crippen MR) is 111 cm³/mol. The predicted octanol–water partition coefficient (Wildman–Crippen LogP) is 3.97. The molecule has 2 aromatic heterocycles. The number of rotatable bonds is 6. The van der Waals surface area contributed by atoms with E-state index in [-0.39, 0.29) is 24.5 Å². The topological polar surface area (TPSA) is 92.4 Å². The van der Waals surface area contributed by atoms with Crippen LogP contribution in [0.4, 0.5) is 19.1 Å². The molecule has 0 spiro atoms. The van der Waals surface area contributed by atoms with Crippen molar-refractivity contribution >= 4 is 5.95 Å². The molecule has 0 saturated carbocycles. The van der Waals surface area contributed by atoms with Gasteiger partial charge in [-0.3, -0.25) is 4.98 Å². The summed E-state index contributed by atoms with van der Waals surface area (Å²) in [5, 5.41) is 0. The number of nitrogens with zero attached hydrogens (tertiary/aromatic N) is 3. The fourth-order valence-corrected chi connectivity index (χ4v) is 3.39. The molecule has 3 aromatic rings. The Morgan fingerprint density at radius 2 is 1.88 bits per heavy atom. The van der Waals surface area contributed by atoms with E-state index in [1.165, 1.54) is 30.3 Å². The Hall–Kier alpha value is -3.24. The fraction of sp³-hybridized carbons (Fsp3) is 0.318. The number of aromatic nitrogens is 3. The lowest BCUT2D eigenvalue weighted by Crippen LogP contribution is -2.33. The maximum atomic E-state index is 13.5. The number of halogens is 3. The lowest BCUT2D eigenvalue weighted by molar-refractivity contribution is -0.101. The van der Waals surface area contributed by atoms with Gasteiger partial charge in [0.1, 0.15) is 24.2 Å². The smallest absolute Gasteiger partial charge is 0.280 e. The van der Waals surface area contributed by atoms with Crippen LogP contribution in [0.5, 0.6) is 5.88 Å². The maximum absolute atomic E-state index is 13.5. The number of pyridine rings is 1. The second kappa shape index (κ2) is 9.49. The molecule has 3 heterocycles. The minimum Gasteiger partial charge on any atom is -0.474 e. The van der Waals surface area contributed by atoms with Crippen molar-refractivity contribution in [1.29, 1.82) is 0 Å². The molecule has 4 rings (SSSR count). The van der Waals surface area contributed by atoms with E-state index in [9.17, 15) is 13.2 Å². The highest BCUT2D eigenvalue weighted by Crippen LogP contribution is 2.39. The second-order valence-electron chi connectivity index (χ2n) is 7.22. The quantitative estimate of drug-likeness (QED) is 0.613. The number of aryl methyl sites for hydroxylation is 1. The Morgan fingerprint density at radius 1 is 1.09 bits per heavy atom. The normalized spacial score (nSPS) is 16.3. The number of benzene rings is 1. The van der Waals surface area contributed by atoms with Gasteiger partial charge in [-0.2, -0.15) is 4.98 Å². The highest BCUT2D eigenvalue weighted by molar-refractivity contribution is 5.85. The van der Waals surface area contributed by atoms with Crippen LogP contribution in [0.1, 0.15) is 17.8 Å². The van der Waals surface area contributed by atoms with Crippen molar-refractivity contribution in [2.45, 2.75) is 19.5 Å². The summed E-state index contributed by atoms with van der Waals surface area (Å²) >= 11 is 0. The van der Waals surface area contributed by atoms with Crippen molar-refractivity contribution in [3.05, 3.63) is 53.6 Å². The standard InChI is InChI=1S/C22H21F3N4O3/c1-12-8-14(9-17(27-12)20(24)25)18-19(13-2-4-15(23)5-3-13)28-22(26)29-21(18)32-11-16-10-30-6-7-31-16/h2-5,8-9,16,20H,6-7,10-11H2,1H3,(H2,26,28,29). The van der Waals surface area contributed by atoms with Crippen LogP contribution in [-0.2, 0) is 9.47 Å². The van der Waals surface area contributed by atoms with Gasteiger partial charge >= 0.3 is 0 Å². The highest BCUT2D eigenvalue weighted by Gasteiger charge is 2.23. The summed E-state index contributed by atoms with van der Waals surface area (Å²) in [6.07, 6.45) is -3.09. The second-order valence-corrected chi connectivity index (χ2v) is 7.22. The molecule has 1 aromatic carbocycles. The van der Waals surface area contributed by atoms with Crippen molar-refractivity contribution in [3.8, 4) is 28.3 Å². The first kappa shape index (κ1) is 22.0. The Balaban J connectivity index is 1.84. The van der Waals surface area contributed by atoms with E-state index in [1.54, 1.807) is 13.0 Å². The number of hydrogen-bond donors (Lipinski definition) is 1. The van der Waals surface area contributed by atoms with Crippen molar-refractivity contribution in [2.24, 2.45) is 0 Å². The molecule has 0 radical (unpaired) electrons. The maximum Gasteiger partial charge on any atom is 0.280 e. The molecular formula is C22H21F3N4O3. The Kier molecular flexibility index (Phi) is 6.52. The zero-order valence-electron chi connectivity index (χ0n) is 17.2. The van der Waals surface area contributed by atoms with Crippen LogP contribution in [0.15, 0.2) is 36.4 Å². The van der Waals surface area contributed by atoms with Gasteiger partial charge in [-0.1, -0.05) is 0 Å². The molecule has 7 nitrogen and oxygen atoms in total. The molecule has 1 unspecified atom stereocenters. The summed E-state index contributed by atoms with van der Waals surface area (Å²) in [6.45, 7) is 3.01. The van der Waals surface area contributed by atoms with E-state index in [4.69, 9.17) is 19.9 Å². The number of nitrogens with two attached hydrogens (primary N) is 1. The van der Waals surface area contributed by atoms with Crippen LogP contribution in [0.3, 0.4) is 0 Å². The van der Waals surface area contributed by atoms with E-state index >= 15 is 0 Å². The van der Waals surface area contributed by atoms with Gasteiger partial charge in [0.15, 0.2) is 0 Å². The van der Waals surface area contributed by atoms with Crippen LogP contribution >= 0.6 is 0 Å². The van der Waals surface area contributed by atoms with Crippen LogP contribution in [0.2, 0.25) is 0 Å². The monoisotopic (exact) mass is 446 g/mol. The minimum atomic E-state index is -2.77. The first-order chi connectivity index (χ1) is 15.4. The Bertz CT molecular complexity index is 1090. The van der Waals surface area contributed by atoms with Crippen molar-refractivity contribution in [2.75, 3.05) is 32.2 Å². The van der Waals surface area contributed by atoms with Crippen LogP contribution in [0, 0.1) is 12.7 Å². The summed E-state index contributed by atoms with van der Waals surface area (Å²) in [6, 6.07) is 8.46.